The zero-order valence-corrected chi connectivity index (χ0v) is 7.48. The first-order chi connectivity index (χ1) is 5.20. The van der Waals surface area contributed by atoms with Gasteiger partial charge >= 0.3 is 0 Å². The molecule has 11 heavy (non-hydrogen) atoms. The highest BCUT2D eigenvalue weighted by Crippen LogP contribution is 2.29. The minimum absolute atomic E-state index is 0.140. The van der Waals surface area contributed by atoms with Gasteiger partial charge in [0.25, 0.3) is 0 Å². The molecule has 1 nitrogen and oxygen atoms in total. The lowest BCUT2D eigenvalue weighted by atomic mass is 9.84. The Kier molecular flexibility index (Phi) is 3.41. The van der Waals surface area contributed by atoms with Crippen LogP contribution in [0.1, 0.15) is 32.1 Å². The van der Waals surface area contributed by atoms with Crippen LogP contribution in [-0.2, 0) is 0 Å². The zero-order chi connectivity index (χ0) is 8.27. The van der Waals surface area contributed by atoms with Gasteiger partial charge in [0, 0.05) is 5.03 Å². The van der Waals surface area contributed by atoms with Gasteiger partial charge in [0.2, 0.25) is 0 Å². The number of hydrogen-bond donors (Lipinski definition) is 1. The molecule has 0 aromatic rings. The molecule has 1 rings (SSSR count). The van der Waals surface area contributed by atoms with Crippen LogP contribution in [0.5, 0.6) is 0 Å². The second kappa shape index (κ2) is 4.13. The van der Waals surface area contributed by atoms with Gasteiger partial charge in [-0.15, -0.1) is 0 Å². The van der Waals surface area contributed by atoms with E-state index in [1.165, 1.54) is 6.42 Å². The number of halogens is 1. The SMILES string of the molecule is C=C(Cl)C[C@@H]1CCCC[C@H]1O. The van der Waals surface area contributed by atoms with Crippen molar-refractivity contribution in [1.82, 2.24) is 0 Å². The van der Waals surface area contributed by atoms with Crippen LogP contribution in [0.4, 0.5) is 0 Å². The summed E-state index contributed by atoms with van der Waals surface area (Å²) < 4.78 is 0. The maximum absolute atomic E-state index is 9.52. The van der Waals surface area contributed by atoms with E-state index in [0.29, 0.717) is 11.0 Å². The molecule has 0 aromatic heterocycles. The average Bonchev–Trinajstić information content (AvgIpc) is 1.93. The maximum Gasteiger partial charge on any atom is 0.0571 e. The number of aliphatic hydroxyl groups is 1. The molecule has 2 heteroatoms. The third-order valence-electron chi connectivity index (χ3n) is 2.35. The van der Waals surface area contributed by atoms with E-state index in [1.54, 1.807) is 0 Å². The third-order valence-corrected chi connectivity index (χ3v) is 2.51. The Morgan fingerprint density at radius 2 is 2.09 bits per heavy atom. The van der Waals surface area contributed by atoms with Crippen molar-refractivity contribution in [1.29, 1.82) is 0 Å². The fraction of sp³-hybridized carbons (Fsp3) is 0.778. The first kappa shape index (κ1) is 9.08. The fourth-order valence-corrected chi connectivity index (χ4v) is 1.91. The molecule has 1 aliphatic carbocycles. The van der Waals surface area contributed by atoms with Gasteiger partial charge in [-0.1, -0.05) is 31.0 Å². The molecule has 0 heterocycles. The standard InChI is InChI=1S/C9H15ClO/c1-7(10)6-8-4-2-3-5-9(8)11/h8-9,11H,1-6H2/t8-,9+/m0/s1. The highest BCUT2D eigenvalue weighted by Gasteiger charge is 2.22. The van der Waals surface area contributed by atoms with Crippen molar-refractivity contribution < 1.29 is 5.11 Å². The van der Waals surface area contributed by atoms with E-state index in [0.717, 1.165) is 25.7 Å². The molecule has 0 spiro atoms. The van der Waals surface area contributed by atoms with Crippen molar-refractivity contribution in [3.05, 3.63) is 11.6 Å². The van der Waals surface area contributed by atoms with Crippen LogP contribution in [0.2, 0.25) is 0 Å². The lowest BCUT2D eigenvalue weighted by Gasteiger charge is -2.26. The third kappa shape index (κ3) is 2.84. The molecule has 1 N–H and O–H groups in total. The molecule has 64 valence electrons. The summed E-state index contributed by atoms with van der Waals surface area (Å²) in [4.78, 5) is 0. The van der Waals surface area contributed by atoms with Gasteiger partial charge in [-0.3, -0.25) is 0 Å². The van der Waals surface area contributed by atoms with Crippen molar-refractivity contribution in [2.24, 2.45) is 5.92 Å². The number of rotatable bonds is 2. The monoisotopic (exact) mass is 174 g/mol. The van der Waals surface area contributed by atoms with E-state index in [1.807, 2.05) is 0 Å². The van der Waals surface area contributed by atoms with E-state index in [-0.39, 0.29) is 6.10 Å². The quantitative estimate of drug-likeness (QED) is 0.683. The fourth-order valence-electron chi connectivity index (χ4n) is 1.71. The molecular weight excluding hydrogens is 160 g/mol. The summed E-state index contributed by atoms with van der Waals surface area (Å²) in [5.41, 5.74) is 0. The van der Waals surface area contributed by atoms with Gasteiger partial charge in [-0.25, -0.2) is 0 Å². The highest BCUT2D eigenvalue weighted by molar-refractivity contribution is 6.29. The van der Waals surface area contributed by atoms with E-state index >= 15 is 0 Å². The molecule has 0 aliphatic heterocycles. The average molecular weight is 175 g/mol. The van der Waals surface area contributed by atoms with Crippen LogP contribution < -0.4 is 0 Å². The Hall–Kier alpha value is -0.0100. The minimum Gasteiger partial charge on any atom is -0.393 e. The normalized spacial score (nSPS) is 31.8. The summed E-state index contributed by atoms with van der Waals surface area (Å²) in [7, 11) is 0. The van der Waals surface area contributed by atoms with Crippen molar-refractivity contribution in [2.45, 2.75) is 38.2 Å². The lowest BCUT2D eigenvalue weighted by molar-refractivity contribution is 0.0709. The van der Waals surface area contributed by atoms with Crippen molar-refractivity contribution in [3.63, 3.8) is 0 Å². The van der Waals surface area contributed by atoms with Crippen LogP contribution in [0.3, 0.4) is 0 Å². The van der Waals surface area contributed by atoms with Gasteiger partial charge < -0.3 is 5.11 Å². The molecule has 1 fully saturated rings. The molecular formula is C9H15ClO. The van der Waals surface area contributed by atoms with Gasteiger partial charge in [0.15, 0.2) is 0 Å². The zero-order valence-electron chi connectivity index (χ0n) is 6.72. The van der Waals surface area contributed by atoms with Crippen molar-refractivity contribution in [3.8, 4) is 0 Å². The summed E-state index contributed by atoms with van der Waals surface area (Å²) in [5.74, 6) is 0.369. The smallest absolute Gasteiger partial charge is 0.0571 e. The van der Waals surface area contributed by atoms with E-state index in [2.05, 4.69) is 6.58 Å². The van der Waals surface area contributed by atoms with Crippen LogP contribution in [0, 0.1) is 5.92 Å². The van der Waals surface area contributed by atoms with Crippen molar-refractivity contribution >= 4 is 11.6 Å². The van der Waals surface area contributed by atoms with Crippen LogP contribution >= 0.6 is 11.6 Å². The first-order valence-electron chi connectivity index (χ1n) is 4.21. The summed E-state index contributed by atoms with van der Waals surface area (Å²) in [6.45, 7) is 3.64. The van der Waals surface area contributed by atoms with Crippen LogP contribution in [-0.4, -0.2) is 11.2 Å². The number of allylic oxidation sites excluding steroid dienone is 1. The van der Waals surface area contributed by atoms with E-state index < -0.39 is 0 Å². The Morgan fingerprint density at radius 1 is 1.45 bits per heavy atom. The number of hydrogen-bond acceptors (Lipinski definition) is 1. The molecule has 0 bridgehead atoms. The Morgan fingerprint density at radius 3 is 2.64 bits per heavy atom. The summed E-state index contributed by atoms with van der Waals surface area (Å²) >= 11 is 5.67. The molecule has 0 amide bonds. The second-order valence-electron chi connectivity index (χ2n) is 3.33. The van der Waals surface area contributed by atoms with Gasteiger partial charge in [0.05, 0.1) is 6.10 Å². The lowest BCUT2D eigenvalue weighted by Crippen LogP contribution is -2.24. The molecule has 1 aliphatic rings. The highest BCUT2D eigenvalue weighted by atomic mass is 35.5. The van der Waals surface area contributed by atoms with E-state index in [9.17, 15) is 5.11 Å². The summed E-state index contributed by atoms with van der Waals surface area (Å²) in [6.07, 6.45) is 5.07. The van der Waals surface area contributed by atoms with Gasteiger partial charge in [0.1, 0.15) is 0 Å². The van der Waals surface area contributed by atoms with Gasteiger partial charge in [-0.05, 0) is 25.2 Å². The molecule has 2 atom stereocenters. The Labute approximate surface area is 73.1 Å². The minimum atomic E-state index is -0.140. The molecule has 0 unspecified atom stereocenters. The maximum atomic E-state index is 9.52. The van der Waals surface area contributed by atoms with Crippen LogP contribution in [0.25, 0.3) is 0 Å². The molecule has 0 aromatic carbocycles. The Bertz CT molecular complexity index is 144. The molecule has 1 saturated carbocycles. The van der Waals surface area contributed by atoms with Gasteiger partial charge in [-0.2, -0.15) is 0 Å². The topological polar surface area (TPSA) is 20.2 Å². The molecule has 0 saturated heterocycles. The predicted octanol–water partition coefficient (Wildman–Crippen LogP) is 2.68. The summed E-state index contributed by atoms with van der Waals surface area (Å²) in [5, 5.41) is 10.2. The van der Waals surface area contributed by atoms with Crippen LogP contribution in [0.15, 0.2) is 11.6 Å². The van der Waals surface area contributed by atoms with Crippen molar-refractivity contribution in [2.75, 3.05) is 0 Å². The van der Waals surface area contributed by atoms with E-state index in [4.69, 9.17) is 11.6 Å². The second-order valence-corrected chi connectivity index (χ2v) is 3.87. The number of aliphatic hydroxyl groups excluding tert-OH is 1. The first-order valence-corrected chi connectivity index (χ1v) is 4.59. The Balaban J connectivity index is 2.35. The molecule has 0 radical (unpaired) electrons. The summed E-state index contributed by atoms with van der Waals surface area (Å²) in [6, 6.07) is 0. The largest absolute Gasteiger partial charge is 0.393 e. The predicted molar refractivity (Wildman–Crippen MR) is 47.6 cm³/mol.